The molecule has 0 bridgehead atoms. The van der Waals surface area contributed by atoms with E-state index in [0.29, 0.717) is 0 Å². The Morgan fingerprint density at radius 1 is 1.00 bits per heavy atom. The minimum absolute atomic E-state index is 0.272. The molecule has 0 atom stereocenters. The molecule has 1 rings (SSSR count). The summed E-state index contributed by atoms with van der Waals surface area (Å²) in [6.07, 6.45) is 0. The SMILES string of the molecule is CC(C)(C)c1ccc([Se-])cc1. The average Bonchev–Trinajstić information content (AvgIpc) is 1.86. The third-order valence-electron chi connectivity index (χ3n) is 1.72. The van der Waals surface area contributed by atoms with Gasteiger partial charge in [0.25, 0.3) is 0 Å². The topological polar surface area (TPSA) is 0 Å². The molecule has 0 amide bonds. The molecule has 0 unspecified atom stereocenters. The third-order valence-corrected chi connectivity index (χ3v) is 2.29. The molecule has 0 saturated heterocycles. The van der Waals surface area contributed by atoms with Gasteiger partial charge in [0.15, 0.2) is 0 Å². The maximum atomic E-state index is 2.98. The minimum atomic E-state index is 0.272. The fourth-order valence-electron chi connectivity index (χ4n) is 0.955. The Kier molecular flexibility index (Phi) is 2.41. The average molecular weight is 212 g/mol. The van der Waals surface area contributed by atoms with Crippen molar-refractivity contribution in [3.8, 4) is 0 Å². The van der Waals surface area contributed by atoms with Crippen molar-refractivity contribution in [2.75, 3.05) is 0 Å². The van der Waals surface area contributed by atoms with E-state index in [-0.39, 0.29) is 5.41 Å². The molecule has 1 aromatic carbocycles. The van der Waals surface area contributed by atoms with Crippen LogP contribution in [0.4, 0.5) is 0 Å². The Morgan fingerprint density at radius 2 is 1.45 bits per heavy atom. The number of benzene rings is 1. The first-order valence-corrected chi connectivity index (χ1v) is 4.63. The van der Waals surface area contributed by atoms with Crippen molar-refractivity contribution in [2.45, 2.75) is 26.2 Å². The normalized spacial score (nSPS) is 11.5. The molecule has 0 nitrogen and oxygen atoms in total. The van der Waals surface area contributed by atoms with Crippen LogP contribution in [0, 0.1) is 0 Å². The zero-order valence-electron chi connectivity index (χ0n) is 7.22. The van der Waals surface area contributed by atoms with Gasteiger partial charge in [0.05, 0.1) is 0 Å². The zero-order chi connectivity index (χ0) is 8.48. The van der Waals surface area contributed by atoms with Crippen molar-refractivity contribution in [3.63, 3.8) is 0 Å². The van der Waals surface area contributed by atoms with Crippen LogP contribution in [-0.4, -0.2) is 16.0 Å². The van der Waals surface area contributed by atoms with Crippen molar-refractivity contribution >= 4 is 20.5 Å². The van der Waals surface area contributed by atoms with E-state index in [1.807, 2.05) is 0 Å². The molecular formula is C10H13Se-. The predicted molar refractivity (Wildman–Crippen MR) is 50.5 cm³/mol. The molecule has 0 saturated carbocycles. The molecule has 0 aliphatic rings. The van der Waals surface area contributed by atoms with Crippen molar-refractivity contribution in [1.29, 1.82) is 0 Å². The van der Waals surface area contributed by atoms with Gasteiger partial charge >= 0.3 is 76.5 Å². The van der Waals surface area contributed by atoms with Gasteiger partial charge in [-0.25, -0.2) is 0 Å². The van der Waals surface area contributed by atoms with Gasteiger partial charge in [-0.2, -0.15) is 0 Å². The maximum absolute atomic E-state index is 2.98. The molecular weight excluding hydrogens is 199 g/mol. The summed E-state index contributed by atoms with van der Waals surface area (Å²) in [6, 6.07) is 8.57. The van der Waals surface area contributed by atoms with Gasteiger partial charge in [0.1, 0.15) is 0 Å². The fraction of sp³-hybridized carbons (Fsp3) is 0.400. The summed E-state index contributed by atoms with van der Waals surface area (Å²) in [5.74, 6) is 0. The van der Waals surface area contributed by atoms with Crippen LogP contribution in [0.25, 0.3) is 0 Å². The van der Waals surface area contributed by atoms with Gasteiger partial charge in [-0.3, -0.25) is 0 Å². The van der Waals surface area contributed by atoms with E-state index in [2.05, 4.69) is 61.0 Å². The van der Waals surface area contributed by atoms with E-state index in [1.165, 1.54) is 10.0 Å². The Labute approximate surface area is 76.8 Å². The molecule has 0 radical (unpaired) electrons. The van der Waals surface area contributed by atoms with E-state index in [1.54, 1.807) is 0 Å². The molecule has 1 aromatic rings. The number of hydrogen-bond acceptors (Lipinski definition) is 0. The van der Waals surface area contributed by atoms with Gasteiger partial charge in [0, 0.05) is 0 Å². The van der Waals surface area contributed by atoms with Crippen LogP contribution in [0.3, 0.4) is 0 Å². The van der Waals surface area contributed by atoms with Crippen LogP contribution in [0.5, 0.6) is 0 Å². The van der Waals surface area contributed by atoms with E-state index in [0.717, 1.165) is 0 Å². The molecule has 0 fully saturated rings. The standard InChI is InChI=1S/C10H14Se/c1-10(2,3)8-4-6-9(11)7-5-8/h4-7,11H,1-3H3/p-1. The Hall–Kier alpha value is -0.261. The van der Waals surface area contributed by atoms with Crippen LogP contribution >= 0.6 is 0 Å². The molecule has 11 heavy (non-hydrogen) atoms. The van der Waals surface area contributed by atoms with Crippen molar-refractivity contribution in [3.05, 3.63) is 29.8 Å². The van der Waals surface area contributed by atoms with Gasteiger partial charge in [-0.15, -0.1) is 0 Å². The zero-order valence-corrected chi connectivity index (χ0v) is 8.93. The van der Waals surface area contributed by atoms with Gasteiger partial charge in [-0.05, 0) is 0 Å². The second kappa shape index (κ2) is 3.00. The molecule has 0 heterocycles. The van der Waals surface area contributed by atoms with Crippen molar-refractivity contribution in [2.24, 2.45) is 0 Å². The fourth-order valence-corrected chi connectivity index (χ4v) is 1.24. The van der Waals surface area contributed by atoms with Crippen LogP contribution < -0.4 is 4.46 Å². The summed E-state index contributed by atoms with van der Waals surface area (Å²) < 4.78 is 1.21. The Bertz CT molecular complexity index is 228. The van der Waals surface area contributed by atoms with Gasteiger partial charge in [0.2, 0.25) is 0 Å². The van der Waals surface area contributed by atoms with E-state index in [9.17, 15) is 0 Å². The van der Waals surface area contributed by atoms with E-state index < -0.39 is 0 Å². The molecule has 0 N–H and O–H groups in total. The molecule has 60 valence electrons. The quantitative estimate of drug-likeness (QED) is 0.575. The Balaban J connectivity index is 2.99. The molecule has 0 aliphatic carbocycles. The summed E-state index contributed by atoms with van der Waals surface area (Å²) in [7, 11) is 0. The molecule has 1 heteroatoms. The monoisotopic (exact) mass is 213 g/mol. The summed E-state index contributed by atoms with van der Waals surface area (Å²) in [5, 5.41) is 0. The van der Waals surface area contributed by atoms with Gasteiger partial charge < -0.3 is 0 Å². The summed E-state index contributed by atoms with van der Waals surface area (Å²) in [6.45, 7) is 6.67. The number of hydrogen-bond donors (Lipinski definition) is 0. The second-order valence-corrected chi connectivity index (χ2v) is 4.76. The molecule has 0 aliphatic heterocycles. The van der Waals surface area contributed by atoms with Crippen LogP contribution in [-0.2, 0) is 5.41 Å². The first-order valence-electron chi connectivity index (χ1n) is 3.78. The van der Waals surface area contributed by atoms with Gasteiger partial charge in [-0.1, -0.05) is 0 Å². The van der Waals surface area contributed by atoms with Crippen LogP contribution in [0.1, 0.15) is 26.3 Å². The molecule has 0 aromatic heterocycles. The molecule has 0 spiro atoms. The predicted octanol–water partition coefficient (Wildman–Crippen LogP) is 1.78. The van der Waals surface area contributed by atoms with Crippen LogP contribution in [0.15, 0.2) is 24.3 Å². The summed E-state index contributed by atoms with van der Waals surface area (Å²) >= 11 is 2.98. The third kappa shape index (κ3) is 2.35. The number of rotatable bonds is 0. The van der Waals surface area contributed by atoms with Crippen LogP contribution in [0.2, 0.25) is 0 Å². The summed E-state index contributed by atoms with van der Waals surface area (Å²) in [5.41, 5.74) is 1.66. The Morgan fingerprint density at radius 3 is 1.82 bits per heavy atom. The summed E-state index contributed by atoms with van der Waals surface area (Å²) in [4.78, 5) is 0. The van der Waals surface area contributed by atoms with Crippen molar-refractivity contribution in [1.82, 2.24) is 0 Å². The van der Waals surface area contributed by atoms with E-state index >= 15 is 0 Å². The first-order chi connectivity index (χ1) is 5.00. The second-order valence-electron chi connectivity index (χ2n) is 3.77. The first kappa shape index (κ1) is 8.83. The van der Waals surface area contributed by atoms with Crippen molar-refractivity contribution < 1.29 is 0 Å². The van der Waals surface area contributed by atoms with E-state index in [4.69, 9.17) is 0 Å².